The highest BCUT2D eigenvalue weighted by atomic mass is 19.4. The highest BCUT2D eigenvalue weighted by Gasteiger charge is 2.33. The standard InChI is InChI=1S/C36H42F3N3O/c1-4-6-10-26-11-7-13-31(21-26)41-33(23-30(9-5-2)36(37,38)39)35(43)42-32-14-8-12-29(22-32)34(40-24-27-17-18-27)28-19-15-25(3)16-20-28/h7-9,11-16,19-23,27,34,40-41H,4-6,10,17-18,24H2,1-3H3,(H,42,43)/b30-9-,33-23-. The van der Waals surface area contributed by atoms with Crippen LogP contribution < -0.4 is 16.0 Å². The maximum absolute atomic E-state index is 13.9. The van der Waals surface area contributed by atoms with E-state index in [1.807, 2.05) is 43.3 Å². The molecule has 3 N–H and O–H groups in total. The van der Waals surface area contributed by atoms with Crippen LogP contribution in [0.5, 0.6) is 0 Å². The van der Waals surface area contributed by atoms with Crippen LogP contribution in [0.2, 0.25) is 0 Å². The van der Waals surface area contributed by atoms with Gasteiger partial charge in [0.1, 0.15) is 5.70 Å². The lowest BCUT2D eigenvalue weighted by Gasteiger charge is -2.21. The second-order valence-electron chi connectivity index (χ2n) is 11.3. The second-order valence-corrected chi connectivity index (χ2v) is 11.3. The van der Waals surface area contributed by atoms with Gasteiger partial charge < -0.3 is 16.0 Å². The molecule has 1 atom stereocenters. The maximum Gasteiger partial charge on any atom is 0.416 e. The van der Waals surface area contributed by atoms with Gasteiger partial charge in [0.15, 0.2) is 0 Å². The lowest BCUT2D eigenvalue weighted by atomic mass is 9.97. The molecule has 1 aliphatic rings. The van der Waals surface area contributed by atoms with Crippen molar-refractivity contribution in [2.24, 2.45) is 5.92 Å². The number of nitrogens with one attached hydrogen (secondary N) is 3. The van der Waals surface area contributed by atoms with Crippen molar-refractivity contribution in [3.63, 3.8) is 0 Å². The van der Waals surface area contributed by atoms with Crippen LogP contribution >= 0.6 is 0 Å². The molecule has 1 aliphatic carbocycles. The van der Waals surface area contributed by atoms with E-state index in [2.05, 4.69) is 47.1 Å². The van der Waals surface area contributed by atoms with Gasteiger partial charge in [-0.05, 0) is 98.5 Å². The van der Waals surface area contributed by atoms with Crippen LogP contribution in [-0.2, 0) is 11.2 Å². The van der Waals surface area contributed by atoms with E-state index in [4.69, 9.17) is 0 Å². The number of allylic oxidation sites excluding steroid dienone is 3. The minimum Gasteiger partial charge on any atom is -0.351 e. The lowest BCUT2D eigenvalue weighted by Crippen LogP contribution is -2.25. The number of aryl methyl sites for hydroxylation is 2. The Bertz CT molecular complexity index is 1420. The molecule has 1 unspecified atom stereocenters. The summed E-state index contributed by atoms with van der Waals surface area (Å²) in [6, 6.07) is 23.2. The third-order valence-corrected chi connectivity index (χ3v) is 7.52. The first-order chi connectivity index (χ1) is 20.7. The summed E-state index contributed by atoms with van der Waals surface area (Å²) < 4.78 is 41.6. The zero-order chi connectivity index (χ0) is 30.8. The summed E-state index contributed by atoms with van der Waals surface area (Å²) in [5, 5.41) is 9.51. The number of anilines is 2. The molecule has 0 aromatic heterocycles. The Hall–Kier alpha value is -3.84. The SMILES string of the molecule is CC/C=C(/C=C(\Nc1cccc(CCCC)c1)C(=O)Nc1cccc(C(NCC2CC2)c2ccc(C)cc2)c1)C(F)(F)F. The molecule has 1 amide bonds. The van der Waals surface area contributed by atoms with E-state index in [0.717, 1.165) is 54.6 Å². The number of hydrogen-bond acceptors (Lipinski definition) is 3. The predicted molar refractivity (Wildman–Crippen MR) is 170 cm³/mol. The van der Waals surface area contributed by atoms with E-state index < -0.39 is 17.7 Å². The van der Waals surface area contributed by atoms with Crippen molar-refractivity contribution in [3.05, 3.63) is 118 Å². The summed E-state index contributed by atoms with van der Waals surface area (Å²) >= 11 is 0. The molecule has 3 aromatic rings. The Balaban J connectivity index is 1.62. The number of benzene rings is 3. The molecule has 0 aliphatic heterocycles. The Morgan fingerprint density at radius 3 is 2.28 bits per heavy atom. The molecular weight excluding hydrogens is 547 g/mol. The Labute approximate surface area is 253 Å². The Morgan fingerprint density at radius 1 is 0.930 bits per heavy atom. The zero-order valence-corrected chi connectivity index (χ0v) is 25.2. The molecule has 4 rings (SSSR count). The number of halogens is 3. The highest BCUT2D eigenvalue weighted by molar-refractivity contribution is 6.06. The summed E-state index contributed by atoms with van der Waals surface area (Å²) in [7, 11) is 0. The van der Waals surface area contributed by atoms with Gasteiger partial charge in [-0.15, -0.1) is 0 Å². The largest absolute Gasteiger partial charge is 0.416 e. The molecule has 0 bridgehead atoms. The average molecular weight is 590 g/mol. The summed E-state index contributed by atoms with van der Waals surface area (Å²) in [5.41, 5.74) is 4.31. The van der Waals surface area contributed by atoms with E-state index in [1.54, 1.807) is 19.1 Å². The van der Waals surface area contributed by atoms with Gasteiger partial charge in [-0.2, -0.15) is 13.2 Å². The van der Waals surface area contributed by atoms with E-state index >= 15 is 0 Å². The van der Waals surface area contributed by atoms with Crippen LogP contribution in [0.3, 0.4) is 0 Å². The molecule has 7 heteroatoms. The van der Waals surface area contributed by atoms with E-state index in [0.29, 0.717) is 17.3 Å². The van der Waals surface area contributed by atoms with Gasteiger partial charge >= 0.3 is 6.18 Å². The monoisotopic (exact) mass is 589 g/mol. The topological polar surface area (TPSA) is 53.2 Å². The summed E-state index contributed by atoms with van der Waals surface area (Å²) in [4.78, 5) is 13.6. The molecule has 0 heterocycles. The van der Waals surface area contributed by atoms with Crippen molar-refractivity contribution in [2.45, 2.75) is 71.5 Å². The first-order valence-corrected chi connectivity index (χ1v) is 15.2. The minimum atomic E-state index is -4.60. The van der Waals surface area contributed by atoms with Gasteiger partial charge in [0.2, 0.25) is 0 Å². The molecule has 43 heavy (non-hydrogen) atoms. The smallest absolute Gasteiger partial charge is 0.351 e. The number of rotatable bonds is 14. The van der Waals surface area contributed by atoms with Gasteiger partial charge in [0.05, 0.1) is 11.6 Å². The fourth-order valence-corrected chi connectivity index (χ4v) is 4.92. The van der Waals surface area contributed by atoms with Crippen molar-refractivity contribution in [1.29, 1.82) is 0 Å². The third-order valence-electron chi connectivity index (χ3n) is 7.52. The van der Waals surface area contributed by atoms with E-state index in [-0.39, 0.29) is 18.2 Å². The van der Waals surface area contributed by atoms with E-state index in [9.17, 15) is 18.0 Å². The molecule has 1 saturated carbocycles. The number of carbonyl (C=O) groups excluding carboxylic acids is 1. The van der Waals surface area contributed by atoms with Crippen molar-refractivity contribution in [2.75, 3.05) is 17.2 Å². The fraction of sp³-hybridized carbons (Fsp3) is 0.361. The molecule has 0 spiro atoms. The van der Waals surface area contributed by atoms with Gasteiger partial charge in [0.25, 0.3) is 5.91 Å². The van der Waals surface area contributed by atoms with Crippen LogP contribution in [0.1, 0.15) is 74.2 Å². The minimum absolute atomic E-state index is 0.0821. The summed E-state index contributed by atoms with van der Waals surface area (Å²) in [6.45, 7) is 6.69. The average Bonchev–Trinajstić information content (AvgIpc) is 3.81. The van der Waals surface area contributed by atoms with Crippen LogP contribution in [0.15, 0.2) is 96.2 Å². The normalized spacial score (nSPS) is 14.8. The summed E-state index contributed by atoms with van der Waals surface area (Å²) in [5.74, 6) is 0.0225. The van der Waals surface area contributed by atoms with Crippen LogP contribution in [-0.4, -0.2) is 18.6 Å². The fourth-order valence-electron chi connectivity index (χ4n) is 4.92. The number of carbonyl (C=O) groups is 1. The van der Waals surface area contributed by atoms with Crippen molar-refractivity contribution in [1.82, 2.24) is 5.32 Å². The second kappa shape index (κ2) is 15.1. The lowest BCUT2D eigenvalue weighted by molar-refractivity contribution is -0.112. The zero-order valence-electron chi connectivity index (χ0n) is 25.2. The van der Waals surface area contributed by atoms with Gasteiger partial charge in [-0.25, -0.2) is 0 Å². The number of alkyl halides is 3. The molecular formula is C36H42F3N3O. The maximum atomic E-state index is 13.9. The third kappa shape index (κ3) is 9.85. The van der Waals surface area contributed by atoms with Gasteiger partial charge in [0, 0.05) is 11.4 Å². The first-order valence-electron chi connectivity index (χ1n) is 15.2. The first kappa shape index (κ1) is 32.1. The number of hydrogen-bond donors (Lipinski definition) is 3. The molecule has 0 radical (unpaired) electrons. The van der Waals surface area contributed by atoms with Crippen LogP contribution in [0.4, 0.5) is 24.5 Å². The Kier molecular flexibility index (Phi) is 11.2. The quantitative estimate of drug-likeness (QED) is 0.130. The van der Waals surface area contributed by atoms with Crippen LogP contribution in [0, 0.1) is 12.8 Å². The molecule has 1 fully saturated rings. The van der Waals surface area contributed by atoms with Crippen molar-refractivity contribution in [3.8, 4) is 0 Å². The number of unbranched alkanes of at least 4 members (excludes halogenated alkanes) is 1. The molecule has 0 saturated heterocycles. The highest BCUT2D eigenvalue weighted by Crippen LogP contribution is 2.32. The van der Waals surface area contributed by atoms with Crippen LogP contribution in [0.25, 0.3) is 0 Å². The van der Waals surface area contributed by atoms with E-state index in [1.165, 1.54) is 18.4 Å². The van der Waals surface area contributed by atoms with Crippen molar-refractivity contribution < 1.29 is 18.0 Å². The summed E-state index contributed by atoms with van der Waals surface area (Å²) in [6.07, 6.45) is 2.90. The predicted octanol–water partition coefficient (Wildman–Crippen LogP) is 9.26. The number of amides is 1. The molecule has 3 aromatic carbocycles. The Morgan fingerprint density at radius 2 is 1.63 bits per heavy atom. The van der Waals surface area contributed by atoms with Gasteiger partial charge in [-0.1, -0.05) is 80.4 Å². The van der Waals surface area contributed by atoms with Gasteiger partial charge in [-0.3, -0.25) is 4.79 Å². The van der Waals surface area contributed by atoms with Crippen molar-refractivity contribution >= 4 is 17.3 Å². The molecule has 4 nitrogen and oxygen atoms in total. The molecule has 228 valence electrons.